The molecule has 1 unspecified atom stereocenters. The van der Waals surface area contributed by atoms with Crippen LogP contribution in [0.1, 0.15) is 50.2 Å². The number of carbonyl (C=O) groups excluding carboxylic acids is 1. The molecule has 1 aromatic carbocycles. The van der Waals surface area contributed by atoms with Gasteiger partial charge in [-0.2, -0.15) is 0 Å². The quantitative estimate of drug-likeness (QED) is 0.778. The molecule has 2 aliphatic heterocycles. The first-order chi connectivity index (χ1) is 14.9. The SMILES string of the molecule is CC(C)CC1CN(C(=O)O)CCc2cc(Oc3cnc(N4CCCC4=O)cn3)ccc21. The predicted octanol–water partition coefficient (Wildman–Crippen LogP) is 4.06. The zero-order valence-corrected chi connectivity index (χ0v) is 18.0. The van der Waals surface area contributed by atoms with Crippen LogP contribution in [-0.2, 0) is 11.2 Å². The highest BCUT2D eigenvalue weighted by molar-refractivity contribution is 5.94. The van der Waals surface area contributed by atoms with Gasteiger partial charge in [-0.3, -0.25) is 9.69 Å². The molecule has 0 spiro atoms. The zero-order valence-electron chi connectivity index (χ0n) is 18.0. The summed E-state index contributed by atoms with van der Waals surface area (Å²) >= 11 is 0. The number of fused-ring (bicyclic) bond motifs is 1. The number of carboxylic acid groups (broad SMARTS) is 1. The molecular formula is C23H28N4O4. The molecule has 31 heavy (non-hydrogen) atoms. The van der Waals surface area contributed by atoms with Crippen molar-refractivity contribution in [2.75, 3.05) is 24.5 Å². The monoisotopic (exact) mass is 424 g/mol. The molecule has 0 saturated carbocycles. The predicted molar refractivity (Wildman–Crippen MR) is 116 cm³/mol. The van der Waals surface area contributed by atoms with E-state index in [2.05, 4.69) is 23.8 Å². The molecule has 2 aliphatic rings. The van der Waals surface area contributed by atoms with Crippen LogP contribution in [0.5, 0.6) is 11.6 Å². The molecule has 2 amide bonds. The summed E-state index contributed by atoms with van der Waals surface area (Å²) in [6.07, 6.45) is 5.18. The van der Waals surface area contributed by atoms with Crippen molar-refractivity contribution in [3.8, 4) is 11.6 Å². The lowest BCUT2D eigenvalue weighted by atomic mass is 9.87. The van der Waals surface area contributed by atoms with E-state index in [-0.39, 0.29) is 11.8 Å². The van der Waals surface area contributed by atoms with Gasteiger partial charge in [0, 0.05) is 32.0 Å². The summed E-state index contributed by atoms with van der Waals surface area (Å²) in [5, 5.41) is 9.52. The van der Waals surface area contributed by atoms with Gasteiger partial charge >= 0.3 is 6.09 Å². The molecule has 0 aliphatic carbocycles. The van der Waals surface area contributed by atoms with Crippen LogP contribution in [0.3, 0.4) is 0 Å². The molecule has 1 aromatic heterocycles. The molecule has 2 aromatic rings. The molecule has 8 nitrogen and oxygen atoms in total. The Labute approximate surface area is 181 Å². The van der Waals surface area contributed by atoms with Crippen LogP contribution in [0.15, 0.2) is 30.6 Å². The van der Waals surface area contributed by atoms with E-state index in [0.717, 1.165) is 18.4 Å². The van der Waals surface area contributed by atoms with Crippen LogP contribution in [-0.4, -0.2) is 51.6 Å². The number of ether oxygens (including phenoxy) is 1. The smallest absolute Gasteiger partial charge is 0.407 e. The molecule has 8 heteroatoms. The number of hydrogen-bond acceptors (Lipinski definition) is 5. The number of rotatable bonds is 5. The van der Waals surface area contributed by atoms with E-state index in [1.165, 1.54) is 16.7 Å². The van der Waals surface area contributed by atoms with E-state index in [1.807, 2.05) is 18.2 Å². The topological polar surface area (TPSA) is 95.9 Å². The zero-order chi connectivity index (χ0) is 22.0. The second kappa shape index (κ2) is 8.91. The van der Waals surface area contributed by atoms with Crippen LogP contribution < -0.4 is 9.64 Å². The fourth-order valence-corrected chi connectivity index (χ4v) is 4.43. The maximum atomic E-state index is 11.9. The van der Waals surface area contributed by atoms with Crippen molar-refractivity contribution in [1.29, 1.82) is 0 Å². The van der Waals surface area contributed by atoms with Crippen molar-refractivity contribution in [2.45, 2.75) is 45.4 Å². The Balaban J connectivity index is 1.52. The third kappa shape index (κ3) is 4.78. The van der Waals surface area contributed by atoms with E-state index < -0.39 is 6.09 Å². The normalized spacial score (nSPS) is 18.8. The Morgan fingerprint density at radius 3 is 2.71 bits per heavy atom. The minimum atomic E-state index is -0.870. The van der Waals surface area contributed by atoms with Gasteiger partial charge in [0.25, 0.3) is 0 Å². The number of carbonyl (C=O) groups is 2. The van der Waals surface area contributed by atoms with Crippen molar-refractivity contribution in [2.24, 2.45) is 5.92 Å². The number of anilines is 1. The van der Waals surface area contributed by atoms with E-state index >= 15 is 0 Å². The Morgan fingerprint density at radius 2 is 2.06 bits per heavy atom. The molecule has 0 radical (unpaired) electrons. The molecule has 4 rings (SSSR count). The van der Waals surface area contributed by atoms with Crippen LogP contribution >= 0.6 is 0 Å². The lowest BCUT2D eigenvalue weighted by Gasteiger charge is -2.24. The molecular weight excluding hydrogens is 396 g/mol. The van der Waals surface area contributed by atoms with E-state index in [4.69, 9.17) is 4.74 Å². The first-order valence-electron chi connectivity index (χ1n) is 10.8. The first-order valence-corrected chi connectivity index (χ1v) is 10.8. The van der Waals surface area contributed by atoms with Crippen molar-refractivity contribution < 1.29 is 19.4 Å². The largest absolute Gasteiger partial charge is 0.465 e. The minimum Gasteiger partial charge on any atom is -0.465 e. The van der Waals surface area contributed by atoms with Gasteiger partial charge in [-0.15, -0.1) is 0 Å². The van der Waals surface area contributed by atoms with Crippen LogP contribution in [0.2, 0.25) is 0 Å². The lowest BCUT2D eigenvalue weighted by molar-refractivity contribution is -0.117. The molecule has 1 N–H and O–H groups in total. The summed E-state index contributed by atoms with van der Waals surface area (Å²) in [5.74, 6) is 2.25. The minimum absolute atomic E-state index is 0.0695. The van der Waals surface area contributed by atoms with Crippen molar-refractivity contribution >= 4 is 17.8 Å². The fourth-order valence-electron chi connectivity index (χ4n) is 4.43. The lowest BCUT2D eigenvalue weighted by Crippen LogP contribution is -2.33. The fraction of sp³-hybridized carbons (Fsp3) is 0.478. The maximum absolute atomic E-state index is 11.9. The number of benzene rings is 1. The molecule has 3 heterocycles. The number of hydrogen-bond donors (Lipinski definition) is 1. The molecule has 1 atom stereocenters. The molecule has 164 valence electrons. The van der Waals surface area contributed by atoms with Gasteiger partial charge in [0.1, 0.15) is 5.75 Å². The average Bonchev–Trinajstić information content (AvgIpc) is 3.07. The second-order valence-electron chi connectivity index (χ2n) is 8.63. The van der Waals surface area contributed by atoms with Crippen molar-refractivity contribution in [3.05, 3.63) is 41.7 Å². The van der Waals surface area contributed by atoms with Gasteiger partial charge in [-0.1, -0.05) is 19.9 Å². The highest BCUT2D eigenvalue weighted by atomic mass is 16.5. The van der Waals surface area contributed by atoms with E-state index in [0.29, 0.717) is 55.8 Å². The van der Waals surface area contributed by atoms with E-state index in [1.54, 1.807) is 11.1 Å². The van der Waals surface area contributed by atoms with Crippen LogP contribution in [0, 0.1) is 5.92 Å². The maximum Gasteiger partial charge on any atom is 0.407 e. The van der Waals surface area contributed by atoms with Gasteiger partial charge < -0.3 is 14.7 Å². The summed E-state index contributed by atoms with van der Waals surface area (Å²) in [6.45, 7) is 5.97. The third-order valence-corrected chi connectivity index (χ3v) is 5.86. The second-order valence-corrected chi connectivity index (χ2v) is 8.63. The van der Waals surface area contributed by atoms with Gasteiger partial charge in [0.2, 0.25) is 11.8 Å². The van der Waals surface area contributed by atoms with Gasteiger partial charge in [0.15, 0.2) is 5.82 Å². The van der Waals surface area contributed by atoms with Crippen molar-refractivity contribution in [1.82, 2.24) is 14.9 Å². The Kier molecular flexibility index (Phi) is 6.06. The summed E-state index contributed by atoms with van der Waals surface area (Å²) in [6, 6.07) is 5.93. The van der Waals surface area contributed by atoms with Gasteiger partial charge in [-0.05, 0) is 48.4 Å². The summed E-state index contributed by atoms with van der Waals surface area (Å²) in [7, 11) is 0. The van der Waals surface area contributed by atoms with Gasteiger partial charge in [0.05, 0.1) is 12.4 Å². The Hall–Kier alpha value is -3.16. The summed E-state index contributed by atoms with van der Waals surface area (Å²) in [4.78, 5) is 35.3. The number of aromatic nitrogens is 2. The van der Waals surface area contributed by atoms with E-state index in [9.17, 15) is 14.7 Å². The number of amides is 2. The highest BCUT2D eigenvalue weighted by Crippen LogP contribution is 2.34. The van der Waals surface area contributed by atoms with Crippen LogP contribution in [0.25, 0.3) is 0 Å². The summed E-state index contributed by atoms with van der Waals surface area (Å²) in [5.41, 5.74) is 2.30. The van der Waals surface area contributed by atoms with Gasteiger partial charge in [-0.25, -0.2) is 14.8 Å². The van der Waals surface area contributed by atoms with Crippen LogP contribution in [0.4, 0.5) is 10.6 Å². The standard InChI is InChI=1S/C23H28N4O4/c1-15(2)10-17-14-26(23(29)30)9-7-16-11-18(5-6-19(16)17)31-21-13-24-20(12-25-21)27-8-3-4-22(27)28/h5-6,11-13,15,17H,3-4,7-10,14H2,1-2H3,(H,29,30). The third-order valence-electron chi connectivity index (χ3n) is 5.86. The first kappa shape index (κ1) is 21.1. The Bertz CT molecular complexity index is 961. The van der Waals surface area contributed by atoms with Crippen molar-refractivity contribution in [3.63, 3.8) is 0 Å². The molecule has 0 bridgehead atoms. The number of nitrogens with zero attached hydrogens (tertiary/aromatic N) is 4. The molecule has 1 saturated heterocycles. The Morgan fingerprint density at radius 1 is 1.23 bits per heavy atom. The average molecular weight is 425 g/mol. The highest BCUT2D eigenvalue weighted by Gasteiger charge is 2.27. The summed E-state index contributed by atoms with van der Waals surface area (Å²) < 4.78 is 5.91. The molecule has 1 fully saturated rings.